The Morgan fingerprint density at radius 1 is 0.352 bits per heavy atom. The van der Waals surface area contributed by atoms with Gasteiger partial charge in [-0.3, -0.25) is 14.7 Å². The number of hydrogen-bond donors (Lipinski definition) is 0. The van der Waals surface area contributed by atoms with Gasteiger partial charge in [-0.05, 0) is 137 Å². The predicted octanol–water partition coefficient (Wildman–Crippen LogP) is 10.8. The molecule has 54 heavy (non-hydrogen) atoms. The zero-order chi connectivity index (χ0) is 35.5. The Kier molecular flexibility index (Phi) is 9.55. The highest BCUT2D eigenvalue weighted by molar-refractivity contribution is 8.00. The number of nitriles is 1. The van der Waals surface area contributed by atoms with Gasteiger partial charge in [0.25, 0.3) is 0 Å². The molecule has 20 atom stereocenters. The molecule has 0 bridgehead atoms. The minimum Gasteiger partial charge on any atom is -0.292 e. The molecule has 0 N–H and O–H groups in total. The molecule has 8 saturated carbocycles. The van der Waals surface area contributed by atoms with E-state index >= 15 is 0 Å². The van der Waals surface area contributed by atoms with Crippen molar-refractivity contribution in [3.05, 3.63) is 0 Å². The van der Waals surface area contributed by atoms with Gasteiger partial charge in [0, 0.05) is 64.9 Å². The van der Waals surface area contributed by atoms with Crippen molar-refractivity contribution in [2.75, 3.05) is 0 Å². The summed E-state index contributed by atoms with van der Waals surface area (Å²) >= 11 is 2.45. The van der Waals surface area contributed by atoms with Crippen molar-refractivity contribution >= 4 is 11.8 Å². The molecule has 0 radical (unpaired) electrons. The first kappa shape index (κ1) is 35.6. The van der Waals surface area contributed by atoms with E-state index in [-0.39, 0.29) is 5.92 Å². The van der Waals surface area contributed by atoms with Gasteiger partial charge in [-0.2, -0.15) is 17.0 Å². The molecule has 4 aliphatic heterocycles. The molecular formula is C49H76N4S. The third-order valence-electron chi connectivity index (χ3n) is 20.6. The predicted molar refractivity (Wildman–Crippen MR) is 221 cm³/mol. The second-order valence-electron chi connectivity index (χ2n) is 22.2. The van der Waals surface area contributed by atoms with Crippen LogP contribution in [0.2, 0.25) is 0 Å². The SMILES string of the molecule is N#CC1C2SC3CCCCC3C2C(N2C3CCCCC3C3CCCCC32)C(N2C3CCCCC3C3CCCCC32)C1N1C2CCCCC2C2CCCCC21. The summed E-state index contributed by atoms with van der Waals surface area (Å²) in [4.78, 5) is 10.4. The number of nitrogens with zero attached hydrogens (tertiary/aromatic N) is 4. The Labute approximate surface area is 334 Å². The molecule has 0 aromatic rings. The van der Waals surface area contributed by atoms with E-state index in [0.29, 0.717) is 23.4 Å². The molecule has 0 amide bonds. The average Bonchev–Trinajstić information content (AvgIpc) is 3.97. The Bertz CT molecular complexity index is 1350. The number of hydrogen-bond acceptors (Lipinski definition) is 5. The quantitative estimate of drug-likeness (QED) is 0.287. The third kappa shape index (κ3) is 5.28. The molecule has 8 aliphatic carbocycles. The summed E-state index contributed by atoms with van der Waals surface area (Å²) in [6.45, 7) is 0. The lowest BCUT2D eigenvalue weighted by molar-refractivity contribution is -0.116. The average molecular weight is 753 g/mol. The number of thioether (sulfide) groups is 1. The highest BCUT2D eigenvalue weighted by atomic mass is 32.2. The monoisotopic (exact) mass is 753 g/mol. The fourth-order valence-corrected chi connectivity index (χ4v) is 21.4. The zero-order valence-corrected chi connectivity index (χ0v) is 34.9. The van der Waals surface area contributed by atoms with Crippen LogP contribution >= 0.6 is 11.8 Å². The minimum absolute atomic E-state index is 0.215. The fraction of sp³-hybridized carbons (Fsp3) is 0.980. The summed E-state index contributed by atoms with van der Waals surface area (Å²) in [7, 11) is 0. The van der Waals surface area contributed by atoms with E-state index in [1.54, 1.807) is 0 Å². The first-order chi connectivity index (χ1) is 26.8. The molecule has 5 heteroatoms. The van der Waals surface area contributed by atoms with E-state index in [2.05, 4.69) is 32.5 Å². The first-order valence-corrected chi connectivity index (χ1v) is 26.1. The molecule has 0 aromatic carbocycles. The van der Waals surface area contributed by atoms with Crippen LogP contribution in [0.25, 0.3) is 0 Å². The molecule has 0 spiro atoms. The normalized spacial score (nSPS) is 56.0. The summed E-state index contributed by atoms with van der Waals surface area (Å²) in [6, 6.07) is 9.94. The van der Waals surface area contributed by atoms with Crippen LogP contribution in [0.1, 0.15) is 180 Å². The van der Waals surface area contributed by atoms with Crippen molar-refractivity contribution < 1.29 is 0 Å². The maximum absolute atomic E-state index is 12.0. The van der Waals surface area contributed by atoms with E-state index in [1.165, 1.54) is 180 Å². The van der Waals surface area contributed by atoms with Crippen molar-refractivity contribution in [3.63, 3.8) is 0 Å². The van der Waals surface area contributed by atoms with E-state index in [9.17, 15) is 5.26 Å². The van der Waals surface area contributed by atoms with Crippen LogP contribution in [0.3, 0.4) is 0 Å². The van der Waals surface area contributed by atoms with Gasteiger partial charge in [0.05, 0.1) is 12.0 Å². The van der Waals surface area contributed by atoms with E-state index in [0.717, 1.165) is 88.8 Å². The van der Waals surface area contributed by atoms with Crippen LogP contribution in [-0.4, -0.2) is 79.6 Å². The molecule has 20 unspecified atom stereocenters. The van der Waals surface area contributed by atoms with E-state index < -0.39 is 0 Å². The summed E-state index contributed by atoms with van der Waals surface area (Å²) < 4.78 is 0. The lowest BCUT2D eigenvalue weighted by atomic mass is 9.62. The van der Waals surface area contributed by atoms with Crippen LogP contribution in [0, 0.1) is 64.6 Å². The first-order valence-electron chi connectivity index (χ1n) is 25.2. The Hall–Kier alpha value is -0.280. The highest BCUT2D eigenvalue weighted by Gasteiger charge is 2.70. The largest absolute Gasteiger partial charge is 0.292 e. The Morgan fingerprint density at radius 3 is 1.06 bits per heavy atom. The van der Waals surface area contributed by atoms with Crippen LogP contribution in [0.5, 0.6) is 0 Å². The van der Waals surface area contributed by atoms with Gasteiger partial charge < -0.3 is 0 Å². The summed E-state index contributed by atoms with van der Waals surface area (Å²) in [6.07, 6.45) is 41.3. The zero-order valence-electron chi connectivity index (χ0n) is 34.0. The van der Waals surface area contributed by atoms with Crippen molar-refractivity contribution in [2.45, 2.75) is 245 Å². The second kappa shape index (κ2) is 14.5. The molecule has 12 aliphatic rings. The molecule has 4 nitrogen and oxygen atoms in total. The molecule has 298 valence electrons. The third-order valence-corrected chi connectivity index (χ3v) is 22.5. The number of rotatable bonds is 3. The number of likely N-dealkylation sites (tertiary alicyclic amines) is 3. The van der Waals surface area contributed by atoms with Crippen molar-refractivity contribution in [3.8, 4) is 6.07 Å². The van der Waals surface area contributed by atoms with Gasteiger partial charge in [0.15, 0.2) is 0 Å². The fourth-order valence-electron chi connectivity index (χ4n) is 19.2. The molecule has 4 heterocycles. The van der Waals surface area contributed by atoms with Crippen LogP contribution in [0.15, 0.2) is 0 Å². The summed E-state index contributed by atoms with van der Waals surface area (Å²) in [5.41, 5.74) is 0. The smallest absolute Gasteiger partial charge is 0.0756 e. The van der Waals surface area contributed by atoms with Gasteiger partial charge in [0.2, 0.25) is 0 Å². The van der Waals surface area contributed by atoms with E-state index in [4.69, 9.17) is 0 Å². The van der Waals surface area contributed by atoms with Crippen LogP contribution < -0.4 is 0 Å². The molecule has 4 saturated heterocycles. The number of fused-ring (bicyclic) bond motifs is 12. The molecular weight excluding hydrogens is 677 g/mol. The molecule has 0 aromatic heterocycles. The standard InChI is InChI=1S/C49H76N4S/c50-29-37-46(51-38-22-8-1-15-30(38)31-16-2-9-23-39(31)51)48(53-42-26-12-5-19-34(42)35-20-6-13-27-43(35)53)47(45-36-21-7-14-28-44(36)54-49(37)45)52-40-24-10-3-17-32(40)33-18-4-11-25-41(33)52/h30-49H,1-28H2. The minimum atomic E-state index is 0.215. The van der Waals surface area contributed by atoms with Crippen LogP contribution in [0.4, 0.5) is 0 Å². The second-order valence-corrected chi connectivity index (χ2v) is 23.6. The van der Waals surface area contributed by atoms with Gasteiger partial charge in [0.1, 0.15) is 0 Å². The van der Waals surface area contributed by atoms with Crippen molar-refractivity contribution in [2.24, 2.45) is 53.3 Å². The van der Waals surface area contributed by atoms with Crippen molar-refractivity contribution in [1.29, 1.82) is 5.26 Å². The topological polar surface area (TPSA) is 33.5 Å². The van der Waals surface area contributed by atoms with E-state index in [1.807, 2.05) is 0 Å². The lowest BCUT2D eigenvalue weighted by Gasteiger charge is -2.62. The Morgan fingerprint density at radius 2 is 0.667 bits per heavy atom. The molecule has 12 fully saturated rings. The highest BCUT2D eigenvalue weighted by Crippen LogP contribution is 2.65. The lowest BCUT2D eigenvalue weighted by Crippen LogP contribution is -2.75. The maximum Gasteiger partial charge on any atom is 0.0756 e. The van der Waals surface area contributed by atoms with Gasteiger partial charge in [-0.25, -0.2) is 0 Å². The summed E-state index contributed by atoms with van der Waals surface area (Å²) in [5, 5.41) is 13.4. The molecule has 12 rings (SSSR count). The van der Waals surface area contributed by atoms with Gasteiger partial charge in [-0.1, -0.05) is 89.9 Å². The Balaban J connectivity index is 1.08. The van der Waals surface area contributed by atoms with Crippen LogP contribution in [-0.2, 0) is 0 Å². The van der Waals surface area contributed by atoms with Crippen molar-refractivity contribution in [1.82, 2.24) is 14.7 Å². The van der Waals surface area contributed by atoms with Gasteiger partial charge in [-0.15, -0.1) is 0 Å². The maximum atomic E-state index is 12.0. The summed E-state index contributed by atoms with van der Waals surface area (Å²) in [5.74, 6) is 7.46. The van der Waals surface area contributed by atoms with Gasteiger partial charge >= 0.3 is 0 Å².